The van der Waals surface area contributed by atoms with Gasteiger partial charge in [-0.05, 0) is 11.6 Å². The molecule has 106 valence electrons. The van der Waals surface area contributed by atoms with E-state index in [1.54, 1.807) is 6.92 Å². The number of fused-ring (bicyclic) bond motifs is 1. The number of carbonyl (C=O) groups excluding carboxylic acids is 1. The Kier molecular flexibility index (Phi) is 3.71. The molecule has 21 heavy (non-hydrogen) atoms. The maximum atomic E-state index is 12.1. The van der Waals surface area contributed by atoms with E-state index in [0.717, 1.165) is 16.8 Å². The van der Waals surface area contributed by atoms with Crippen molar-refractivity contribution < 1.29 is 4.79 Å². The first-order valence-electron chi connectivity index (χ1n) is 6.88. The van der Waals surface area contributed by atoms with Crippen molar-refractivity contribution in [2.45, 2.75) is 19.5 Å². The van der Waals surface area contributed by atoms with Crippen molar-refractivity contribution in [3.8, 4) is 0 Å². The van der Waals surface area contributed by atoms with E-state index in [2.05, 4.69) is 5.32 Å². The molecule has 1 amide bonds. The lowest BCUT2D eigenvalue weighted by Gasteiger charge is -2.28. The van der Waals surface area contributed by atoms with Gasteiger partial charge in [0.1, 0.15) is 11.0 Å². The quantitative estimate of drug-likeness (QED) is 0.879. The Hall–Kier alpha value is -2.20. The van der Waals surface area contributed by atoms with Crippen LogP contribution in [0.25, 0.3) is 0 Å². The summed E-state index contributed by atoms with van der Waals surface area (Å²) in [7, 11) is 0. The summed E-state index contributed by atoms with van der Waals surface area (Å²) in [6.45, 7) is 2.14. The SMILES string of the molecule is CC(=O)N(Cc1ccccc1)C1C(=S)Nc2ccccc21. The molecule has 0 radical (unpaired) electrons. The average Bonchev–Trinajstić information content (AvgIpc) is 2.81. The third-order valence-corrected chi connectivity index (χ3v) is 4.00. The molecule has 0 saturated carbocycles. The minimum atomic E-state index is -0.186. The minimum absolute atomic E-state index is 0.0182. The van der Waals surface area contributed by atoms with Gasteiger partial charge in [0, 0.05) is 24.7 Å². The molecule has 1 atom stereocenters. The second-order valence-corrected chi connectivity index (χ2v) is 5.55. The molecule has 2 aromatic carbocycles. The molecule has 1 aliphatic heterocycles. The second kappa shape index (κ2) is 5.66. The van der Waals surface area contributed by atoms with Gasteiger partial charge in [0.15, 0.2) is 0 Å². The molecular formula is C17H16N2OS. The van der Waals surface area contributed by atoms with E-state index in [-0.39, 0.29) is 11.9 Å². The molecule has 3 nitrogen and oxygen atoms in total. The number of carbonyl (C=O) groups is 1. The number of amides is 1. The highest BCUT2D eigenvalue weighted by Gasteiger charge is 2.33. The number of hydrogen-bond donors (Lipinski definition) is 1. The molecule has 0 saturated heterocycles. The zero-order valence-electron chi connectivity index (χ0n) is 11.7. The van der Waals surface area contributed by atoms with Crippen LogP contribution in [0.4, 0.5) is 5.69 Å². The zero-order chi connectivity index (χ0) is 14.8. The second-order valence-electron chi connectivity index (χ2n) is 5.11. The van der Waals surface area contributed by atoms with E-state index in [0.29, 0.717) is 11.5 Å². The molecule has 0 aromatic heterocycles. The molecule has 0 bridgehead atoms. The van der Waals surface area contributed by atoms with Crippen molar-refractivity contribution in [2.24, 2.45) is 0 Å². The van der Waals surface area contributed by atoms with Crippen LogP contribution in [0.2, 0.25) is 0 Å². The molecule has 3 rings (SSSR count). The lowest BCUT2D eigenvalue weighted by molar-refractivity contribution is -0.130. The zero-order valence-corrected chi connectivity index (χ0v) is 12.6. The van der Waals surface area contributed by atoms with Crippen LogP contribution < -0.4 is 5.32 Å². The number of para-hydroxylation sites is 1. The Labute approximate surface area is 129 Å². The number of benzene rings is 2. The van der Waals surface area contributed by atoms with Crippen molar-refractivity contribution in [1.29, 1.82) is 0 Å². The van der Waals surface area contributed by atoms with E-state index in [9.17, 15) is 4.79 Å². The van der Waals surface area contributed by atoms with Crippen LogP contribution in [0.5, 0.6) is 0 Å². The van der Waals surface area contributed by atoms with Crippen LogP contribution >= 0.6 is 12.2 Å². The Bertz CT molecular complexity index is 684. The van der Waals surface area contributed by atoms with E-state index in [4.69, 9.17) is 12.2 Å². The monoisotopic (exact) mass is 296 g/mol. The van der Waals surface area contributed by atoms with Crippen molar-refractivity contribution in [2.75, 3.05) is 5.32 Å². The summed E-state index contributed by atoms with van der Waals surface area (Å²) >= 11 is 5.45. The first-order valence-corrected chi connectivity index (χ1v) is 7.28. The predicted octanol–water partition coefficient (Wildman–Crippen LogP) is 3.53. The highest BCUT2D eigenvalue weighted by Crippen LogP contribution is 2.36. The van der Waals surface area contributed by atoms with Gasteiger partial charge in [-0.1, -0.05) is 60.7 Å². The lowest BCUT2D eigenvalue weighted by Crippen LogP contribution is -2.35. The molecule has 0 spiro atoms. The Morgan fingerprint density at radius 3 is 2.52 bits per heavy atom. The van der Waals surface area contributed by atoms with Crippen LogP contribution in [0, 0.1) is 0 Å². The maximum Gasteiger partial charge on any atom is 0.220 e. The van der Waals surface area contributed by atoms with Crippen LogP contribution in [0.15, 0.2) is 54.6 Å². The van der Waals surface area contributed by atoms with Gasteiger partial charge < -0.3 is 10.2 Å². The van der Waals surface area contributed by atoms with Crippen molar-refractivity contribution in [1.82, 2.24) is 4.90 Å². The topological polar surface area (TPSA) is 32.3 Å². The molecule has 1 N–H and O–H groups in total. The van der Waals surface area contributed by atoms with Gasteiger partial charge in [0.2, 0.25) is 5.91 Å². The van der Waals surface area contributed by atoms with E-state index in [1.807, 2.05) is 59.5 Å². The Morgan fingerprint density at radius 2 is 1.81 bits per heavy atom. The largest absolute Gasteiger partial charge is 0.348 e. The van der Waals surface area contributed by atoms with Crippen molar-refractivity contribution in [3.05, 3.63) is 65.7 Å². The predicted molar refractivity (Wildman–Crippen MR) is 88.1 cm³/mol. The van der Waals surface area contributed by atoms with Crippen molar-refractivity contribution >= 4 is 28.8 Å². The summed E-state index contributed by atoms with van der Waals surface area (Å²) in [5.74, 6) is 0.0182. The smallest absolute Gasteiger partial charge is 0.220 e. The molecule has 0 aliphatic carbocycles. The molecular weight excluding hydrogens is 280 g/mol. The maximum absolute atomic E-state index is 12.1. The third kappa shape index (κ3) is 2.67. The molecule has 2 aromatic rings. The van der Waals surface area contributed by atoms with Gasteiger partial charge in [0.25, 0.3) is 0 Å². The molecule has 1 unspecified atom stereocenters. The summed E-state index contributed by atoms with van der Waals surface area (Å²) in [4.78, 5) is 14.6. The van der Waals surface area contributed by atoms with Gasteiger partial charge in [-0.2, -0.15) is 0 Å². The Balaban J connectivity index is 1.95. The van der Waals surface area contributed by atoms with E-state index in [1.165, 1.54) is 0 Å². The van der Waals surface area contributed by atoms with E-state index < -0.39 is 0 Å². The first-order chi connectivity index (χ1) is 10.2. The van der Waals surface area contributed by atoms with Crippen LogP contribution in [-0.4, -0.2) is 15.8 Å². The Morgan fingerprint density at radius 1 is 1.14 bits per heavy atom. The average molecular weight is 296 g/mol. The summed E-state index contributed by atoms with van der Waals surface area (Å²) in [6.07, 6.45) is 0. The third-order valence-electron chi connectivity index (χ3n) is 3.67. The fourth-order valence-electron chi connectivity index (χ4n) is 2.67. The highest BCUT2D eigenvalue weighted by atomic mass is 32.1. The van der Waals surface area contributed by atoms with Crippen LogP contribution in [0.1, 0.15) is 24.1 Å². The van der Waals surface area contributed by atoms with Gasteiger partial charge in [-0.25, -0.2) is 0 Å². The molecule has 1 heterocycles. The lowest BCUT2D eigenvalue weighted by atomic mass is 10.1. The van der Waals surface area contributed by atoms with Gasteiger partial charge in [-0.3, -0.25) is 4.79 Å². The number of rotatable bonds is 3. The highest BCUT2D eigenvalue weighted by molar-refractivity contribution is 7.80. The van der Waals surface area contributed by atoms with Crippen LogP contribution in [-0.2, 0) is 11.3 Å². The van der Waals surface area contributed by atoms with Crippen molar-refractivity contribution in [3.63, 3.8) is 0 Å². The number of anilines is 1. The number of thiocarbonyl (C=S) groups is 1. The normalized spacial score (nSPS) is 16.2. The fourth-order valence-corrected chi connectivity index (χ4v) is 3.03. The number of nitrogens with one attached hydrogen (secondary N) is 1. The number of hydrogen-bond acceptors (Lipinski definition) is 2. The molecule has 0 fully saturated rings. The van der Waals surface area contributed by atoms with Crippen LogP contribution in [0.3, 0.4) is 0 Å². The van der Waals surface area contributed by atoms with Gasteiger partial charge >= 0.3 is 0 Å². The molecule has 1 aliphatic rings. The first kappa shape index (κ1) is 13.8. The summed E-state index contributed by atoms with van der Waals surface area (Å²) in [5.41, 5.74) is 3.15. The summed E-state index contributed by atoms with van der Waals surface area (Å²) in [5, 5.41) is 3.21. The van der Waals surface area contributed by atoms with Gasteiger partial charge in [-0.15, -0.1) is 0 Å². The minimum Gasteiger partial charge on any atom is -0.348 e. The standard InChI is InChI=1S/C17H16N2OS/c1-12(20)19(11-13-7-3-2-4-8-13)16-14-9-5-6-10-15(14)18-17(16)21/h2-10,16H,11H2,1H3,(H,18,21). The van der Waals surface area contributed by atoms with Gasteiger partial charge in [0.05, 0.1) is 0 Å². The fraction of sp³-hybridized carbons (Fsp3) is 0.176. The summed E-state index contributed by atoms with van der Waals surface area (Å²) < 4.78 is 0. The summed E-state index contributed by atoms with van der Waals surface area (Å²) in [6, 6.07) is 17.7. The molecule has 4 heteroatoms. The van der Waals surface area contributed by atoms with E-state index >= 15 is 0 Å². The number of nitrogens with zero attached hydrogens (tertiary/aromatic N) is 1.